The lowest BCUT2D eigenvalue weighted by atomic mass is 10.1. The Morgan fingerprint density at radius 2 is 2.24 bits per heavy atom. The molecule has 1 N–H and O–H groups in total. The standard InChI is InChI=1S/C13H13NO3/c1-2-6-14-7-9(8-15)10-4-3-5-11(12(10)14)13(16)17/h3-5,7-8H,2,6H2,1H3,(H,16,17). The smallest absolute Gasteiger partial charge is 0.337 e. The summed E-state index contributed by atoms with van der Waals surface area (Å²) < 4.78 is 1.84. The van der Waals surface area contributed by atoms with Crippen molar-refractivity contribution in [3.05, 3.63) is 35.5 Å². The Labute approximate surface area is 98.5 Å². The van der Waals surface area contributed by atoms with Crippen molar-refractivity contribution in [1.82, 2.24) is 4.57 Å². The number of carboxylic acid groups (broad SMARTS) is 1. The molecule has 0 radical (unpaired) electrons. The van der Waals surface area contributed by atoms with Crippen LogP contribution in [0.25, 0.3) is 10.9 Å². The summed E-state index contributed by atoms with van der Waals surface area (Å²) in [6.07, 6.45) is 3.36. The second-order valence-corrected chi connectivity index (χ2v) is 3.90. The predicted molar refractivity (Wildman–Crippen MR) is 64.6 cm³/mol. The molecule has 1 heterocycles. The van der Waals surface area contributed by atoms with Gasteiger partial charge in [-0.2, -0.15) is 0 Å². The number of carbonyl (C=O) groups is 2. The third-order valence-electron chi connectivity index (χ3n) is 2.75. The van der Waals surface area contributed by atoms with Gasteiger partial charge in [0.05, 0.1) is 11.1 Å². The largest absolute Gasteiger partial charge is 0.478 e. The van der Waals surface area contributed by atoms with Crippen molar-refractivity contribution >= 4 is 23.2 Å². The Balaban J connectivity index is 2.80. The van der Waals surface area contributed by atoms with Crippen LogP contribution in [0.3, 0.4) is 0 Å². The summed E-state index contributed by atoms with van der Waals surface area (Å²) in [5.74, 6) is -0.969. The molecule has 0 spiro atoms. The number of aromatic nitrogens is 1. The molecule has 0 aliphatic rings. The number of carboxylic acids is 1. The average Bonchev–Trinajstić information content (AvgIpc) is 2.68. The third kappa shape index (κ3) is 1.82. The maximum Gasteiger partial charge on any atom is 0.337 e. The van der Waals surface area contributed by atoms with Crippen LogP contribution in [0.15, 0.2) is 24.4 Å². The van der Waals surface area contributed by atoms with Gasteiger partial charge < -0.3 is 9.67 Å². The fraction of sp³-hybridized carbons (Fsp3) is 0.231. The zero-order chi connectivity index (χ0) is 12.4. The van der Waals surface area contributed by atoms with Crippen molar-refractivity contribution < 1.29 is 14.7 Å². The molecule has 0 atom stereocenters. The van der Waals surface area contributed by atoms with Crippen LogP contribution in [0.4, 0.5) is 0 Å². The van der Waals surface area contributed by atoms with Gasteiger partial charge in [0.15, 0.2) is 6.29 Å². The van der Waals surface area contributed by atoms with E-state index in [2.05, 4.69) is 0 Å². The lowest BCUT2D eigenvalue weighted by molar-refractivity contribution is 0.0698. The maximum absolute atomic E-state index is 11.2. The molecule has 4 nitrogen and oxygen atoms in total. The second-order valence-electron chi connectivity index (χ2n) is 3.90. The van der Waals surface area contributed by atoms with Crippen LogP contribution in [0.2, 0.25) is 0 Å². The zero-order valence-corrected chi connectivity index (χ0v) is 9.51. The summed E-state index contributed by atoms with van der Waals surface area (Å²) in [5, 5.41) is 9.86. The first-order valence-electron chi connectivity index (χ1n) is 5.49. The van der Waals surface area contributed by atoms with Crippen LogP contribution < -0.4 is 0 Å². The molecule has 0 saturated heterocycles. The zero-order valence-electron chi connectivity index (χ0n) is 9.51. The van der Waals surface area contributed by atoms with Crippen LogP contribution in [0.5, 0.6) is 0 Å². The lowest BCUT2D eigenvalue weighted by Crippen LogP contribution is -2.02. The van der Waals surface area contributed by atoms with E-state index < -0.39 is 5.97 Å². The predicted octanol–water partition coefficient (Wildman–Crippen LogP) is 2.56. The fourth-order valence-electron chi connectivity index (χ4n) is 2.07. The van der Waals surface area contributed by atoms with Gasteiger partial charge in [0, 0.05) is 23.7 Å². The van der Waals surface area contributed by atoms with Gasteiger partial charge in [-0.25, -0.2) is 4.79 Å². The topological polar surface area (TPSA) is 59.3 Å². The number of para-hydroxylation sites is 1. The van der Waals surface area contributed by atoms with Gasteiger partial charge >= 0.3 is 5.97 Å². The molecule has 0 saturated carbocycles. The minimum atomic E-state index is -0.969. The van der Waals surface area contributed by atoms with Crippen molar-refractivity contribution in [1.29, 1.82) is 0 Å². The molecule has 0 aliphatic carbocycles. The quantitative estimate of drug-likeness (QED) is 0.822. The molecule has 0 fully saturated rings. The van der Waals surface area contributed by atoms with E-state index in [1.54, 1.807) is 24.4 Å². The van der Waals surface area contributed by atoms with E-state index in [4.69, 9.17) is 5.11 Å². The highest BCUT2D eigenvalue weighted by atomic mass is 16.4. The number of hydrogen-bond donors (Lipinski definition) is 1. The second kappa shape index (κ2) is 4.41. The molecule has 0 amide bonds. The van der Waals surface area contributed by atoms with Crippen LogP contribution in [-0.2, 0) is 6.54 Å². The fourth-order valence-corrected chi connectivity index (χ4v) is 2.07. The van der Waals surface area contributed by atoms with Crippen molar-refractivity contribution in [3.63, 3.8) is 0 Å². The van der Waals surface area contributed by atoms with Crippen LogP contribution >= 0.6 is 0 Å². The Hall–Kier alpha value is -2.10. The van der Waals surface area contributed by atoms with Crippen molar-refractivity contribution in [2.45, 2.75) is 19.9 Å². The molecule has 0 unspecified atom stereocenters. The number of hydrogen-bond acceptors (Lipinski definition) is 2. The van der Waals surface area contributed by atoms with Gasteiger partial charge in [-0.3, -0.25) is 4.79 Å². The Morgan fingerprint density at radius 3 is 2.82 bits per heavy atom. The number of aromatic carboxylic acids is 1. The lowest BCUT2D eigenvalue weighted by Gasteiger charge is -2.05. The van der Waals surface area contributed by atoms with Gasteiger partial charge in [0.2, 0.25) is 0 Å². The van der Waals surface area contributed by atoms with Gasteiger partial charge in [-0.05, 0) is 12.5 Å². The number of rotatable bonds is 4. The van der Waals surface area contributed by atoms with Crippen LogP contribution in [-0.4, -0.2) is 21.9 Å². The summed E-state index contributed by atoms with van der Waals surface area (Å²) in [7, 11) is 0. The van der Waals surface area contributed by atoms with E-state index in [9.17, 15) is 9.59 Å². The molecule has 0 bridgehead atoms. The Kier molecular flexibility index (Phi) is 2.95. The number of aryl methyl sites for hydroxylation is 1. The Bertz CT molecular complexity index is 584. The summed E-state index contributed by atoms with van der Waals surface area (Å²) >= 11 is 0. The van der Waals surface area contributed by atoms with Gasteiger partial charge in [-0.1, -0.05) is 19.1 Å². The number of carbonyl (C=O) groups excluding carboxylic acids is 1. The summed E-state index contributed by atoms with van der Waals surface area (Å²) in [6, 6.07) is 5.00. The number of nitrogens with zero attached hydrogens (tertiary/aromatic N) is 1. The van der Waals surface area contributed by atoms with E-state index >= 15 is 0 Å². The SMILES string of the molecule is CCCn1cc(C=O)c2cccc(C(=O)O)c21. The first-order chi connectivity index (χ1) is 8.19. The number of fused-ring (bicyclic) bond motifs is 1. The maximum atomic E-state index is 11.2. The van der Waals surface area contributed by atoms with E-state index in [0.717, 1.165) is 12.7 Å². The van der Waals surface area contributed by atoms with E-state index in [-0.39, 0.29) is 5.56 Å². The van der Waals surface area contributed by atoms with E-state index in [0.29, 0.717) is 23.0 Å². The third-order valence-corrected chi connectivity index (χ3v) is 2.75. The van der Waals surface area contributed by atoms with Crippen LogP contribution in [0, 0.1) is 0 Å². The van der Waals surface area contributed by atoms with Gasteiger partial charge in [0.25, 0.3) is 0 Å². The molecular weight excluding hydrogens is 218 g/mol. The number of aldehydes is 1. The van der Waals surface area contributed by atoms with Crippen LogP contribution in [0.1, 0.15) is 34.1 Å². The average molecular weight is 231 g/mol. The highest BCUT2D eigenvalue weighted by Crippen LogP contribution is 2.24. The van der Waals surface area contributed by atoms with Crippen molar-refractivity contribution in [2.24, 2.45) is 0 Å². The first-order valence-corrected chi connectivity index (χ1v) is 5.49. The molecule has 4 heteroatoms. The molecule has 1 aromatic heterocycles. The molecular formula is C13H13NO3. The van der Waals surface area contributed by atoms with Gasteiger partial charge in [-0.15, -0.1) is 0 Å². The minimum absolute atomic E-state index is 0.240. The minimum Gasteiger partial charge on any atom is -0.478 e. The molecule has 1 aromatic carbocycles. The normalized spacial score (nSPS) is 10.6. The first kappa shape index (κ1) is 11.4. The molecule has 2 rings (SSSR count). The molecule has 0 aliphatic heterocycles. The van der Waals surface area contributed by atoms with Crippen molar-refractivity contribution in [3.8, 4) is 0 Å². The molecule has 17 heavy (non-hydrogen) atoms. The number of benzene rings is 1. The van der Waals surface area contributed by atoms with E-state index in [1.165, 1.54) is 0 Å². The highest BCUT2D eigenvalue weighted by Gasteiger charge is 2.15. The summed E-state index contributed by atoms with van der Waals surface area (Å²) in [4.78, 5) is 22.1. The highest BCUT2D eigenvalue weighted by molar-refractivity contribution is 6.07. The molecule has 88 valence electrons. The molecule has 2 aromatic rings. The monoisotopic (exact) mass is 231 g/mol. The Morgan fingerprint density at radius 1 is 1.47 bits per heavy atom. The van der Waals surface area contributed by atoms with Gasteiger partial charge in [0.1, 0.15) is 0 Å². The van der Waals surface area contributed by atoms with Crippen molar-refractivity contribution in [2.75, 3.05) is 0 Å². The summed E-state index contributed by atoms with van der Waals surface area (Å²) in [6.45, 7) is 2.71. The van der Waals surface area contributed by atoms with E-state index in [1.807, 2.05) is 11.5 Å². The summed E-state index contributed by atoms with van der Waals surface area (Å²) in [5.41, 5.74) is 1.41.